The van der Waals surface area contributed by atoms with Crippen molar-refractivity contribution < 1.29 is 19.6 Å². The van der Waals surface area contributed by atoms with Gasteiger partial charge in [-0.15, -0.1) is 5.11 Å². The zero-order valence-corrected chi connectivity index (χ0v) is 18.9. The van der Waals surface area contributed by atoms with Crippen molar-refractivity contribution in [2.24, 2.45) is 10.2 Å². The average molecular weight is 495 g/mol. The number of imide groups is 1. The minimum Gasteiger partial charge on any atom is -0.507 e. The Morgan fingerprint density at radius 2 is 1.79 bits per heavy atom. The quantitative estimate of drug-likeness (QED) is 0.178. The second-order valence-electron chi connectivity index (χ2n) is 7.05. The number of hydrogen-bond acceptors (Lipinski definition) is 8. The van der Waals surface area contributed by atoms with Crippen LogP contribution in [0.3, 0.4) is 0 Å². The number of phenols is 1. The number of benzene rings is 3. The number of aromatic hydroxyl groups is 1. The number of nitrogens with zero attached hydrogens (tertiary/aromatic N) is 4. The summed E-state index contributed by atoms with van der Waals surface area (Å²) in [5.74, 6) is -0.738. The first-order valence-corrected chi connectivity index (χ1v) is 11.0. The molecule has 170 valence electrons. The van der Waals surface area contributed by atoms with Gasteiger partial charge in [0.2, 0.25) is 0 Å². The number of halogens is 1. The molecule has 1 N–H and O–H groups in total. The van der Waals surface area contributed by atoms with Crippen LogP contribution < -0.4 is 0 Å². The maximum Gasteiger partial charge on any atom is 0.293 e. The molecule has 0 bridgehead atoms. The van der Waals surface area contributed by atoms with Crippen molar-refractivity contribution in [1.29, 1.82) is 0 Å². The molecule has 1 aliphatic heterocycles. The molecule has 0 aromatic heterocycles. The normalized spacial score (nSPS) is 15.0. The van der Waals surface area contributed by atoms with Gasteiger partial charge in [-0.3, -0.25) is 24.6 Å². The number of carbonyl (C=O) groups is 2. The van der Waals surface area contributed by atoms with Crippen molar-refractivity contribution in [1.82, 2.24) is 4.90 Å². The van der Waals surface area contributed by atoms with Gasteiger partial charge >= 0.3 is 0 Å². The lowest BCUT2D eigenvalue weighted by atomic mass is 10.1. The predicted molar refractivity (Wildman–Crippen MR) is 128 cm³/mol. The molecule has 3 aromatic carbocycles. The highest BCUT2D eigenvalue weighted by atomic mass is 35.5. The molecule has 1 saturated heterocycles. The number of rotatable bonds is 6. The summed E-state index contributed by atoms with van der Waals surface area (Å²) in [6.07, 6.45) is 1.37. The molecule has 2 amide bonds. The molecule has 1 aliphatic rings. The summed E-state index contributed by atoms with van der Waals surface area (Å²) in [7, 11) is 0. The number of azo groups is 1. The van der Waals surface area contributed by atoms with Gasteiger partial charge in [0, 0.05) is 17.2 Å². The van der Waals surface area contributed by atoms with Crippen molar-refractivity contribution in [3.63, 3.8) is 0 Å². The van der Waals surface area contributed by atoms with Crippen LogP contribution in [-0.2, 0) is 11.3 Å². The third-order valence-electron chi connectivity index (χ3n) is 4.81. The largest absolute Gasteiger partial charge is 0.507 e. The number of thioether (sulfide) groups is 1. The lowest BCUT2D eigenvalue weighted by Crippen LogP contribution is -2.27. The van der Waals surface area contributed by atoms with Gasteiger partial charge < -0.3 is 5.11 Å². The smallest absolute Gasteiger partial charge is 0.293 e. The molecule has 4 rings (SSSR count). The summed E-state index contributed by atoms with van der Waals surface area (Å²) in [6.45, 7) is -0.239. The molecule has 0 spiro atoms. The number of nitro groups is 1. The lowest BCUT2D eigenvalue weighted by molar-refractivity contribution is -0.385. The van der Waals surface area contributed by atoms with Crippen molar-refractivity contribution in [2.45, 2.75) is 6.54 Å². The van der Waals surface area contributed by atoms with E-state index in [1.807, 2.05) is 0 Å². The van der Waals surface area contributed by atoms with E-state index in [-0.39, 0.29) is 34.0 Å². The molecule has 9 nitrogen and oxygen atoms in total. The van der Waals surface area contributed by atoms with Gasteiger partial charge in [-0.25, -0.2) is 0 Å². The van der Waals surface area contributed by atoms with Crippen LogP contribution in [0, 0.1) is 10.1 Å². The van der Waals surface area contributed by atoms with Crippen LogP contribution in [0.1, 0.15) is 11.1 Å². The van der Waals surface area contributed by atoms with Gasteiger partial charge in [0.25, 0.3) is 16.8 Å². The Kier molecular flexibility index (Phi) is 6.71. The van der Waals surface area contributed by atoms with Gasteiger partial charge in [-0.05, 0) is 48.2 Å². The third kappa shape index (κ3) is 4.98. The highest BCUT2D eigenvalue weighted by Crippen LogP contribution is 2.36. The molecule has 0 radical (unpaired) electrons. The summed E-state index contributed by atoms with van der Waals surface area (Å²) in [4.78, 5) is 37.0. The van der Waals surface area contributed by atoms with Gasteiger partial charge in [0.15, 0.2) is 0 Å². The van der Waals surface area contributed by atoms with Crippen molar-refractivity contribution in [3.05, 3.63) is 97.9 Å². The molecular formula is C23H15ClN4O5S. The maximum atomic E-state index is 12.9. The fraction of sp³-hybridized carbons (Fsp3) is 0.0435. The van der Waals surface area contributed by atoms with Gasteiger partial charge in [-0.2, -0.15) is 5.11 Å². The summed E-state index contributed by atoms with van der Waals surface area (Å²) >= 11 is 6.75. The van der Waals surface area contributed by atoms with Gasteiger partial charge in [0.1, 0.15) is 11.4 Å². The topological polar surface area (TPSA) is 125 Å². The fourth-order valence-electron chi connectivity index (χ4n) is 3.13. The Balaban J connectivity index is 1.58. The second-order valence-corrected chi connectivity index (χ2v) is 8.45. The van der Waals surface area contributed by atoms with Crippen LogP contribution in [0.4, 0.5) is 21.9 Å². The first-order chi connectivity index (χ1) is 16.3. The van der Waals surface area contributed by atoms with E-state index < -0.39 is 16.1 Å². The number of nitro benzene ring substituents is 1. The van der Waals surface area contributed by atoms with Crippen LogP contribution in [0.25, 0.3) is 6.08 Å². The molecule has 34 heavy (non-hydrogen) atoms. The van der Waals surface area contributed by atoms with E-state index >= 15 is 0 Å². The van der Waals surface area contributed by atoms with E-state index in [0.29, 0.717) is 28.2 Å². The Bertz CT molecular complexity index is 1370. The van der Waals surface area contributed by atoms with Crippen LogP contribution >= 0.6 is 23.4 Å². The molecule has 0 unspecified atom stereocenters. The number of hydrogen-bond donors (Lipinski definition) is 1. The minimum absolute atomic E-state index is 0.0686. The number of phenolic OH excluding ortho intramolecular Hbond substituents is 1. The predicted octanol–water partition coefficient (Wildman–Crippen LogP) is 6.61. The monoisotopic (exact) mass is 494 g/mol. The summed E-state index contributed by atoms with van der Waals surface area (Å²) in [5, 5.41) is 29.6. The summed E-state index contributed by atoms with van der Waals surface area (Å²) in [5.41, 5.74) is 1.17. The molecule has 1 fully saturated rings. The first-order valence-electron chi connectivity index (χ1n) is 9.80. The molecular weight excluding hydrogens is 480 g/mol. The lowest BCUT2D eigenvalue weighted by Gasteiger charge is -2.12. The molecule has 3 aromatic rings. The highest BCUT2D eigenvalue weighted by Gasteiger charge is 2.36. The first kappa shape index (κ1) is 23.1. The molecule has 1 heterocycles. The minimum atomic E-state index is -0.615. The van der Waals surface area contributed by atoms with Gasteiger partial charge in [-0.1, -0.05) is 41.9 Å². The van der Waals surface area contributed by atoms with Crippen molar-refractivity contribution in [2.75, 3.05) is 0 Å². The zero-order chi connectivity index (χ0) is 24.2. The Morgan fingerprint density at radius 1 is 1.06 bits per heavy atom. The standard InChI is InChI=1S/C23H15ClN4O5S/c24-17-6-2-3-7-18(17)26-25-16-9-10-20(29)15(11-16)12-21-22(30)27(23(31)34-21)13-14-5-1-4-8-19(14)28(32)33/h1-12,29H,13H2/b21-12-,26-25?. The Labute approximate surface area is 202 Å². The number of amides is 2. The van der Waals surface area contributed by atoms with E-state index in [2.05, 4.69) is 10.2 Å². The van der Waals surface area contributed by atoms with Crippen LogP contribution in [0.15, 0.2) is 81.9 Å². The molecule has 0 atom stereocenters. The SMILES string of the molecule is O=C1S/C(=C\c2cc(N=Nc3ccccc3Cl)ccc2O)C(=O)N1Cc1ccccc1[N+](=O)[O-]. The summed E-state index contributed by atoms with van der Waals surface area (Å²) < 4.78 is 0. The van der Waals surface area contributed by atoms with Crippen LogP contribution in [0.5, 0.6) is 5.75 Å². The number of para-hydroxylation sites is 1. The van der Waals surface area contributed by atoms with Crippen LogP contribution in [0.2, 0.25) is 5.02 Å². The van der Waals surface area contributed by atoms with E-state index in [9.17, 15) is 24.8 Å². The van der Waals surface area contributed by atoms with E-state index in [1.54, 1.807) is 30.3 Å². The van der Waals surface area contributed by atoms with E-state index in [1.165, 1.54) is 42.5 Å². The molecule has 0 saturated carbocycles. The van der Waals surface area contributed by atoms with Crippen LogP contribution in [-0.4, -0.2) is 26.1 Å². The van der Waals surface area contributed by atoms with Crippen molar-refractivity contribution >= 4 is 57.6 Å². The molecule has 0 aliphatic carbocycles. The van der Waals surface area contributed by atoms with E-state index in [4.69, 9.17) is 11.6 Å². The second kappa shape index (κ2) is 9.86. The maximum absolute atomic E-state index is 12.9. The van der Waals surface area contributed by atoms with E-state index in [0.717, 1.165) is 4.90 Å². The zero-order valence-electron chi connectivity index (χ0n) is 17.3. The highest BCUT2D eigenvalue weighted by molar-refractivity contribution is 8.18. The third-order valence-corrected chi connectivity index (χ3v) is 6.04. The van der Waals surface area contributed by atoms with Gasteiger partial charge in [0.05, 0.1) is 27.1 Å². The fourth-order valence-corrected chi connectivity index (χ4v) is 4.14. The summed E-state index contributed by atoms with van der Waals surface area (Å²) in [6, 6.07) is 17.2. The Morgan fingerprint density at radius 3 is 2.56 bits per heavy atom. The molecule has 11 heteroatoms. The van der Waals surface area contributed by atoms with Crippen molar-refractivity contribution in [3.8, 4) is 5.75 Å². The average Bonchev–Trinajstić information content (AvgIpc) is 3.08. The Hall–Kier alpha value is -4.02. The number of carbonyl (C=O) groups excluding carboxylic acids is 2.